The first-order valence-electron chi connectivity index (χ1n) is 5.48. The fraction of sp³-hybridized carbons (Fsp3) is 0.462. The summed E-state index contributed by atoms with van der Waals surface area (Å²) >= 11 is 0. The molecule has 0 aliphatic rings. The van der Waals surface area contributed by atoms with Gasteiger partial charge in [0.25, 0.3) is 0 Å². The van der Waals surface area contributed by atoms with Gasteiger partial charge < -0.3 is 5.43 Å². The lowest BCUT2D eigenvalue weighted by molar-refractivity contribution is 0.580. The van der Waals surface area contributed by atoms with Crippen LogP contribution < -0.4 is 11.3 Å². The lowest BCUT2D eigenvalue weighted by atomic mass is 10.0. The average Bonchev–Trinajstić information content (AvgIpc) is 2.14. The Hall–Kier alpha value is -1.35. The van der Waals surface area contributed by atoms with Crippen LogP contribution in [0.1, 0.15) is 37.5 Å². The van der Waals surface area contributed by atoms with Crippen molar-refractivity contribution < 1.29 is 0 Å². The van der Waals surface area contributed by atoms with Crippen LogP contribution >= 0.6 is 0 Å². The minimum atomic E-state index is -0.142. The maximum absolute atomic E-state index is 5.57. The number of aryl methyl sites for hydroxylation is 2. The van der Waals surface area contributed by atoms with Crippen LogP contribution in [-0.4, -0.2) is 11.4 Å². The highest BCUT2D eigenvalue weighted by molar-refractivity contribution is 6.01. The number of hydrazine groups is 1. The van der Waals surface area contributed by atoms with Crippen LogP contribution in [0.4, 0.5) is 0 Å². The SMILES string of the molecule is Cc1cccc(C)c1C(=NC(C)(C)C)NN. The van der Waals surface area contributed by atoms with Crippen LogP contribution in [0.2, 0.25) is 0 Å². The summed E-state index contributed by atoms with van der Waals surface area (Å²) in [5.74, 6) is 6.32. The summed E-state index contributed by atoms with van der Waals surface area (Å²) in [6, 6.07) is 6.18. The van der Waals surface area contributed by atoms with Gasteiger partial charge in [0.15, 0.2) is 0 Å². The average molecular weight is 219 g/mol. The van der Waals surface area contributed by atoms with Gasteiger partial charge in [-0.05, 0) is 45.7 Å². The van der Waals surface area contributed by atoms with E-state index >= 15 is 0 Å². The molecule has 1 rings (SSSR count). The third-order valence-corrected chi connectivity index (χ3v) is 2.30. The number of aliphatic imine (C=N–C) groups is 1. The molecule has 1 aromatic rings. The summed E-state index contributed by atoms with van der Waals surface area (Å²) in [5, 5.41) is 0. The zero-order valence-electron chi connectivity index (χ0n) is 10.8. The Morgan fingerprint density at radius 1 is 1.19 bits per heavy atom. The van der Waals surface area contributed by atoms with Crippen molar-refractivity contribution in [2.45, 2.75) is 40.2 Å². The first-order valence-corrected chi connectivity index (χ1v) is 5.48. The Labute approximate surface area is 97.7 Å². The van der Waals surface area contributed by atoms with Crippen LogP contribution in [0.3, 0.4) is 0 Å². The summed E-state index contributed by atoms with van der Waals surface area (Å²) in [7, 11) is 0. The Kier molecular flexibility index (Phi) is 3.70. The molecule has 0 fully saturated rings. The van der Waals surface area contributed by atoms with E-state index in [2.05, 4.69) is 57.2 Å². The second kappa shape index (κ2) is 4.66. The summed E-state index contributed by atoms with van der Waals surface area (Å²) in [4.78, 5) is 4.60. The fourth-order valence-corrected chi connectivity index (χ4v) is 1.68. The van der Waals surface area contributed by atoms with E-state index in [4.69, 9.17) is 5.84 Å². The van der Waals surface area contributed by atoms with E-state index in [9.17, 15) is 0 Å². The quantitative estimate of drug-likeness (QED) is 0.329. The van der Waals surface area contributed by atoms with E-state index in [-0.39, 0.29) is 5.54 Å². The molecule has 0 radical (unpaired) electrons. The normalized spacial score (nSPS) is 12.8. The van der Waals surface area contributed by atoms with Gasteiger partial charge in [0, 0.05) is 5.56 Å². The number of benzene rings is 1. The van der Waals surface area contributed by atoms with Gasteiger partial charge >= 0.3 is 0 Å². The van der Waals surface area contributed by atoms with Crippen molar-refractivity contribution in [1.29, 1.82) is 0 Å². The molecule has 0 aliphatic heterocycles. The van der Waals surface area contributed by atoms with Crippen LogP contribution in [0.25, 0.3) is 0 Å². The summed E-state index contributed by atoms with van der Waals surface area (Å²) in [6.07, 6.45) is 0. The second-order valence-corrected chi connectivity index (χ2v) is 5.04. The van der Waals surface area contributed by atoms with E-state index in [0.717, 1.165) is 11.4 Å². The Balaban J connectivity index is 3.30. The molecule has 88 valence electrons. The Morgan fingerprint density at radius 2 is 1.69 bits per heavy atom. The zero-order valence-corrected chi connectivity index (χ0v) is 10.8. The number of rotatable bonds is 1. The van der Waals surface area contributed by atoms with E-state index in [0.29, 0.717) is 0 Å². The Morgan fingerprint density at radius 3 is 2.06 bits per heavy atom. The van der Waals surface area contributed by atoms with E-state index in [1.54, 1.807) is 0 Å². The van der Waals surface area contributed by atoms with E-state index < -0.39 is 0 Å². The molecule has 0 spiro atoms. The molecule has 0 amide bonds. The maximum atomic E-state index is 5.57. The number of nitrogens with zero attached hydrogens (tertiary/aromatic N) is 1. The lowest BCUT2D eigenvalue weighted by Crippen LogP contribution is -2.34. The smallest absolute Gasteiger partial charge is 0.143 e. The van der Waals surface area contributed by atoms with Crippen LogP contribution in [-0.2, 0) is 0 Å². The summed E-state index contributed by atoms with van der Waals surface area (Å²) < 4.78 is 0. The largest absolute Gasteiger partial charge is 0.308 e. The third kappa shape index (κ3) is 3.07. The van der Waals surface area contributed by atoms with Crippen molar-refractivity contribution in [3.05, 3.63) is 34.9 Å². The molecule has 16 heavy (non-hydrogen) atoms. The molecule has 0 atom stereocenters. The lowest BCUT2D eigenvalue weighted by Gasteiger charge is -2.18. The van der Waals surface area contributed by atoms with Gasteiger partial charge in [0.2, 0.25) is 0 Å². The fourth-order valence-electron chi connectivity index (χ4n) is 1.68. The molecule has 0 bridgehead atoms. The zero-order chi connectivity index (χ0) is 12.3. The molecular formula is C13H21N3. The minimum Gasteiger partial charge on any atom is -0.308 e. The molecule has 3 N–H and O–H groups in total. The van der Waals surface area contributed by atoms with Gasteiger partial charge in [-0.2, -0.15) is 0 Å². The predicted molar refractivity (Wildman–Crippen MR) is 69.5 cm³/mol. The van der Waals surface area contributed by atoms with Gasteiger partial charge in [-0.1, -0.05) is 18.2 Å². The van der Waals surface area contributed by atoms with Crippen LogP contribution in [0, 0.1) is 13.8 Å². The molecule has 0 aromatic heterocycles. The molecular weight excluding hydrogens is 198 g/mol. The highest BCUT2D eigenvalue weighted by Crippen LogP contribution is 2.16. The number of nitrogens with two attached hydrogens (primary N) is 1. The second-order valence-electron chi connectivity index (χ2n) is 5.04. The van der Waals surface area contributed by atoms with Crippen molar-refractivity contribution in [3.8, 4) is 0 Å². The van der Waals surface area contributed by atoms with Crippen molar-refractivity contribution in [2.75, 3.05) is 0 Å². The molecule has 0 unspecified atom stereocenters. The monoisotopic (exact) mass is 219 g/mol. The molecule has 0 heterocycles. The predicted octanol–water partition coefficient (Wildman–Crippen LogP) is 2.31. The summed E-state index contributed by atoms with van der Waals surface area (Å²) in [5.41, 5.74) is 6.02. The van der Waals surface area contributed by atoms with Crippen molar-refractivity contribution in [1.82, 2.24) is 5.43 Å². The topological polar surface area (TPSA) is 50.4 Å². The molecule has 0 aliphatic carbocycles. The van der Waals surface area contributed by atoms with Crippen molar-refractivity contribution in [3.63, 3.8) is 0 Å². The molecule has 3 nitrogen and oxygen atoms in total. The molecule has 1 aromatic carbocycles. The Bertz CT molecular complexity index is 380. The molecule has 3 heteroatoms. The molecule has 0 saturated carbocycles. The standard InChI is InChI=1S/C13H21N3/c1-9-7-6-8-10(2)11(9)12(16-14)15-13(3,4)5/h6-8H,14H2,1-5H3,(H,15,16). The summed E-state index contributed by atoms with van der Waals surface area (Å²) in [6.45, 7) is 10.3. The first kappa shape index (κ1) is 12.7. The highest BCUT2D eigenvalue weighted by atomic mass is 15.3. The first-order chi connectivity index (χ1) is 7.35. The molecule has 0 saturated heterocycles. The maximum Gasteiger partial charge on any atom is 0.143 e. The van der Waals surface area contributed by atoms with E-state index in [1.165, 1.54) is 11.1 Å². The third-order valence-electron chi connectivity index (χ3n) is 2.30. The van der Waals surface area contributed by atoms with Gasteiger partial charge in [0.1, 0.15) is 5.84 Å². The minimum absolute atomic E-state index is 0.142. The van der Waals surface area contributed by atoms with Crippen molar-refractivity contribution >= 4 is 5.84 Å². The van der Waals surface area contributed by atoms with Gasteiger partial charge in [-0.25, -0.2) is 5.84 Å². The highest BCUT2D eigenvalue weighted by Gasteiger charge is 2.13. The number of amidine groups is 1. The van der Waals surface area contributed by atoms with E-state index in [1.807, 2.05) is 6.07 Å². The number of hydrogen-bond donors (Lipinski definition) is 2. The van der Waals surface area contributed by atoms with Gasteiger partial charge in [-0.3, -0.25) is 4.99 Å². The van der Waals surface area contributed by atoms with Crippen molar-refractivity contribution in [2.24, 2.45) is 10.8 Å². The van der Waals surface area contributed by atoms with Crippen LogP contribution in [0.5, 0.6) is 0 Å². The van der Waals surface area contributed by atoms with Gasteiger partial charge in [0.05, 0.1) is 5.54 Å². The number of nitrogens with one attached hydrogen (secondary N) is 1. The van der Waals surface area contributed by atoms with Gasteiger partial charge in [-0.15, -0.1) is 0 Å². The number of hydrogen-bond acceptors (Lipinski definition) is 2. The van der Waals surface area contributed by atoms with Crippen LogP contribution in [0.15, 0.2) is 23.2 Å².